The van der Waals surface area contributed by atoms with Crippen LogP contribution in [0.15, 0.2) is 12.4 Å². The Bertz CT molecular complexity index is 496. The van der Waals surface area contributed by atoms with Crippen molar-refractivity contribution in [2.24, 2.45) is 11.8 Å². The molecule has 0 spiro atoms. The molecule has 114 valence electrons. The molecule has 0 saturated carbocycles. The third-order valence-electron chi connectivity index (χ3n) is 5.27. The van der Waals surface area contributed by atoms with E-state index >= 15 is 0 Å². The molecule has 1 amide bonds. The first-order valence-corrected chi connectivity index (χ1v) is 8.08. The molecule has 3 saturated heterocycles. The van der Waals surface area contributed by atoms with Gasteiger partial charge in [-0.15, -0.1) is 5.10 Å². The molecule has 3 fully saturated rings. The molecule has 0 unspecified atom stereocenters. The highest BCUT2D eigenvalue weighted by Gasteiger charge is 2.45. The summed E-state index contributed by atoms with van der Waals surface area (Å²) < 4.78 is 7.72. The van der Waals surface area contributed by atoms with Gasteiger partial charge in [-0.25, -0.2) is 0 Å². The molecule has 6 nitrogen and oxygen atoms in total. The van der Waals surface area contributed by atoms with E-state index in [2.05, 4.69) is 15.2 Å². The first-order chi connectivity index (χ1) is 10.3. The van der Waals surface area contributed by atoms with Gasteiger partial charge < -0.3 is 9.64 Å². The van der Waals surface area contributed by atoms with E-state index in [4.69, 9.17) is 4.74 Å². The van der Waals surface area contributed by atoms with Crippen LogP contribution in [0, 0.1) is 11.8 Å². The third-order valence-corrected chi connectivity index (χ3v) is 5.27. The van der Waals surface area contributed by atoms with E-state index in [0.29, 0.717) is 17.9 Å². The lowest BCUT2D eigenvalue weighted by atomic mass is 9.87. The van der Waals surface area contributed by atoms with Crippen LogP contribution in [0.5, 0.6) is 0 Å². The van der Waals surface area contributed by atoms with Crippen molar-refractivity contribution >= 4 is 5.91 Å². The van der Waals surface area contributed by atoms with Crippen LogP contribution in [-0.4, -0.2) is 51.1 Å². The number of nitrogens with zero attached hydrogens (tertiary/aromatic N) is 4. The summed E-state index contributed by atoms with van der Waals surface area (Å²) >= 11 is 0. The zero-order chi connectivity index (χ0) is 14.2. The molecular weight excluding hydrogens is 268 g/mol. The van der Waals surface area contributed by atoms with E-state index in [-0.39, 0.29) is 12.0 Å². The van der Waals surface area contributed by atoms with Crippen molar-refractivity contribution < 1.29 is 9.53 Å². The summed E-state index contributed by atoms with van der Waals surface area (Å²) in [5.74, 6) is 1.07. The summed E-state index contributed by atoms with van der Waals surface area (Å²) in [5.41, 5.74) is 0. The van der Waals surface area contributed by atoms with E-state index in [9.17, 15) is 4.79 Å². The SMILES string of the molecule is O=C([C@@H]1C[C@H]2CC[C@@H]1O2)N1CCC(Cn2ccnn2)CC1. The summed E-state index contributed by atoms with van der Waals surface area (Å²) in [6.07, 6.45) is 9.48. The third kappa shape index (κ3) is 2.57. The molecule has 3 aliphatic heterocycles. The summed E-state index contributed by atoms with van der Waals surface area (Å²) in [5, 5.41) is 7.86. The summed E-state index contributed by atoms with van der Waals surface area (Å²) in [6.45, 7) is 2.68. The van der Waals surface area contributed by atoms with Crippen LogP contribution in [0.3, 0.4) is 0 Å². The van der Waals surface area contributed by atoms with Gasteiger partial charge in [-0.05, 0) is 38.0 Å². The van der Waals surface area contributed by atoms with Gasteiger partial charge in [0.25, 0.3) is 0 Å². The Morgan fingerprint density at radius 1 is 1.24 bits per heavy atom. The van der Waals surface area contributed by atoms with Crippen molar-refractivity contribution in [1.29, 1.82) is 0 Å². The highest BCUT2D eigenvalue weighted by molar-refractivity contribution is 5.80. The molecule has 6 heteroatoms. The van der Waals surface area contributed by atoms with E-state index < -0.39 is 0 Å². The van der Waals surface area contributed by atoms with Gasteiger partial charge in [0.15, 0.2) is 0 Å². The van der Waals surface area contributed by atoms with E-state index in [1.54, 1.807) is 6.20 Å². The first-order valence-electron chi connectivity index (χ1n) is 8.08. The molecule has 1 aromatic rings. The van der Waals surface area contributed by atoms with Crippen LogP contribution in [-0.2, 0) is 16.1 Å². The van der Waals surface area contributed by atoms with Crippen LogP contribution < -0.4 is 0 Å². The predicted octanol–water partition coefficient (Wildman–Crippen LogP) is 1.08. The Morgan fingerprint density at radius 2 is 2.10 bits per heavy atom. The van der Waals surface area contributed by atoms with E-state index in [1.807, 2.05) is 10.9 Å². The number of amides is 1. The molecule has 21 heavy (non-hydrogen) atoms. The van der Waals surface area contributed by atoms with Crippen LogP contribution in [0.2, 0.25) is 0 Å². The van der Waals surface area contributed by atoms with Gasteiger partial charge in [-0.2, -0.15) is 0 Å². The van der Waals surface area contributed by atoms with Gasteiger partial charge in [0.1, 0.15) is 0 Å². The number of carbonyl (C=O) groups excluding carboxylic acids is 1. The van der Waals surface area contributed by atoms with Gasteiger partial charge in [0, 0.05) is 25.8 Å². The second-order valence-corrected chi connectivity index (χ2v) is 6.61. The zero-order valence-corrected chi connectivity index (χ0v) is 12.2. The fourth-order valence-electron chi connectivity index (χ4n) is 4.06. The van der Waals surface area contributed by atoms with Gasteiger partial charge in [0.05, 0.1) is 24.3 Å². The second kappa shape index (κ2) is 5.40. The molecule has 4 rings (SSSR count). The van der Waals surface area contributed by atoms with Crippen LogP contribution in [0.1, 0.15) is 32.1 Å². The number of fused-ring (bicyclic) bond motifs is 2. The van der Waals surface area contributed by atoms with Crippen molar-refractivity contribution in [1.82, 2.24) is 19.9 Å². The van der Waals surface area contributed by atoms with Crippen LogP contribution in [0.25, 0.3) is 0 Å². The smallest absolute Gasteiger partial charge is 0.228 e. The highest BCUT2D eigenvalue weighted by atomic mass is 16.5. The maximum absolute atomic E-state index is 12.6. The quantitative estimate of drug-likeness (QED) is 0.836. The van der Waals surface area contributed by atoms with Crippen molar-refractivity contribution in [2.45, 2.75) is 50.9 Å². The maximum Gasteiger partial charge on any atom is 0.228 e. The first kappa shape index (κ1) is 13.2. The molecule has 4 heterocycles. The minimum Gasteiger partial charge on any atom is -0.374 e. The Hall–Kier alpha value is -1.43. The molecule has 0 radical (unpaired) electrons. The summed E-state index contributed by atoms with van der Waals surface area (Å²) in [7, 11) is 0. The molecule has 3 atom stereocenters. The minimum atomic E-state index is 0.135. The molecule has 1 aromatic heterocycles. The lowest BCUT2D eigenvalue weighted by Crippen LogP contribution is -2.44. The summed E-state index contributed by atoms with van der Waals surface area (Å²) in [6, 6.07) is 0. The lowest BCUT2D eigenvalue weighted by molar-refractivity contribution is -0.138. The molecule has 0 aliphatic carbocycles. The molecule has 2 bridgehead atoms. The monoisotopic (exact) mass is 290 g/mol. The maximum atomic E-state index is 12.6. The number of piperidine rings is 1. The van der Waals surface area contributed by atoms with Crippen LogP contribution >= 0.6 is 0 Å². The Labute approximate surface area is 124 Å². The fourth-order valence-corrected chi connectivity index (χ4v) is 4.06. The van der Waals surface area contributed by atoms with Crippen molar-refractivity contribution in [3.63, 3.8) is 0 Å². The molecule has 0 aromatic carbocycles. The largest absolute Gasteiger partial charge is 0.374 e. The van der Waals surface area contributed by atoms with E-state index in [0.717, 1.165) is 51.7 Å². The topological polar surface area (TPSA) is 60.2 Å². The number of rotatable bonds is 3. The van der Waals surface area contributed by atoms with Gasteiger partial charge in [-0.1, -0.05) is 5.21 Å². The molecule has 0 N–H and O–H groups in total. The number of aromatic nitrogens is 3. The van der Waals surface area contributed by atoms with Gasteiger partial charge in [-0.3, -0.25) is 9.48 Å². The average molecular weight is 290 g/mol. The number of hydrogen-bond acceptors (Lipinski definition) is 4. The van der Waals surface area contributed by atoms with Crippen molar-refractivity contribution in [3.8, 4) is 0 Å². The summed E-state index contributed by atoms with van der Waals surface area (Å²) in [4.78, 5) is 14.7. The van der Waals surface area contributed by atoms with Crippen molar-refractivity contribution in [2.75, 3.05) is 13.1 Å². The van der Waals surface area contributed by atoms with Crippen LogP contribution in [0.4, 0.5) is 0 Å². The normalized spacial score (nSPS) is 32.8. The number of carbonyl (C=O) groups is 1. The minimum absolute atomic E-state index is 0.135. The predicted molar refractivity (Wildman–Crippen MR) is 75.3 cm³/mol. The number of hydrogen-bond donors (Lipinski definition) is 0. The Morgan fingerprint density at radius 3 is 2.71 bits per heavy atom. The Kier molecular flexibility index (Phi) is 3.41. The Balaban J connectivity index is 1.30. The number of likely N-dealkylation sites (tertiary alicyclic amines) is 1. The van der Waals surface area contributed by atoms with Gasteiger partial charge in [0.2, 0.25) is 5.91 Å². The average Bonchev–Trinajstić information content (AvgIpc) is 3.25. The zero-order valence-electron chi connectivity index (χ0n) is 12.2. The molecule has 3 aliphatic rings. The van der Waals surface area contributed by atoms with Crippen molar-refractivity contribution in [3.05, 3.63) is 12.4 Å². The molecular formula is C15H22N4O2. The lowest BCUT2D eigenvalue weighted by Gasteiger charge is -2.34. The fraction of sp³-hybridized carbons (Fsp3) is 0.800. The highest BCUT2D eigenvalue weighted by Crippen LogP contribution is 2.40. The second-order valence-electron chi connectivity index (χ2n) is 6.61. The van der Waals surface area contributed by atoms with E-state index in [1.165, 1.54) is 0 Å². The standard InChI is InChI=1S/C15H22N4O2/c20-15(13-9-12-1-2-14(13)21-12)18-6-3-11(4-7-18)10-19-8-5-16-17-19/h5,8,11-14H,1-4,6-7,9-10H2/t12-,13-,14+/m1/s1. The van der Waals surface area contributed by atoms with Gasteiger partial charge >= 0.3 is 0 Å². The number of ether oxygens (including phenoxy) is 1.